The number of hydrogen-bond donors (Lipinski definition) is 2. The van der Waals surface area contributed by atoms with E-state index in [1.807, 2.05) is 6.92 Å². The van der Waals surface area contributed by atoms with Gasteiger partial charge in [0.2, 0.25) is 0 Å². The van der Waals surface area contributed by atoms with Crippen LogP contribution < -0.4 is 11.1 Å². The molecule has 1 aromatic carbocycles. The number of halogens is 2. The van der Waals surface area contributed by atoms with Crippen LogP contribution in [-0.4, -0.2) is 11.9 Å². The van der Waals surface area contributed by atoms with Crippen LogP contribution in [0.5, 0.6) is 0 Å². The maximum Gasteiger partial charge on any atom is 0.252 e. The summed E-state index contributed by atoms with van der Waals surface area (Å²) in [5.74, 6) is -0.778. The van der Waals surface area contributed by atoms with Crippen molar-refractivity contribution in [3.05, 3.63) is 28.0 Å². The van der Waals surface area contributed by atoms with Crippen molar-refractivity contribution in [2.75, 3.05) is 5.73 Å². The van der Waals surface area contributed by atoms with E-state index < -0.39 is 5.82 Å². The molecule has 0 radical (unpaired) electrons. The molecular formula is C12H16BrFN2O. The first-order chi connectivity index (χ1) is 7.95. The second-order valence-electron chi connectivity index (χ2n) is 4.02. The Labute approximate surface area is 109 Å². The lowest BCUT2D eigenvalue weighted by Crippen LogP contribution is -2.32. The average Bonchev–Trinajstić information content (AvgIpc) is 2.23. The number of amides is 1. The Hall–Kier alpha value is -1.10. The lowest BCUT2D eigenvalue weighted by molar-refractivity contribution is 0.0937. The monoisotopic (exact) mass is 302 g/mol. The van der Waals surface area contributed by atoms with Gasteiger partial charge >= 0.3 is 0 Å². The highest BCUT2D eigenvalue weighted by atomic mass is 79.9. The van der Waals surface area contributed by atoms with Crippen molar-refractivity contribution in [2.24, 2.45) is 0 Å². The Balaban J connectivity index is 2.86. The van der Waals surface area contributed by atoms with Gasteiger partial charge in [-0.2, -0.15) is 0 Å². The predicted molar refractivity (Wildman–Crippen MR) is 70.3 cm³/mol. The first-order valence-electron chi connectivity index (χ1n) is 5.51. The van der Waals surface area contributed by atoms with Gasteiger partial charge in [-0.1, -0.05) is 13.3 Å². The molecule has 17 heavy (non-hydrogen) atoms. The fourth-order valence-corrected chi connectivity index (χ4v) is 2.04. The summed E-state index contributed by atoms with van der Waals surface area (Å²) >= 11 is 3.15. The summed E-state index contributed by atoms with van der Waals surface area (Å²) in [5.41, 5.74) is 5.77. The van der Waals surface area contributed by atoms with Crippen molar-refractivity contribution in [3.63, 3.8) is 0 Å². The maximum absolute atomic E-state index is 13.1. The summed E-state index contributed by atoms with van der Waals surface area (Å²) in [5, 5.41) is 2.84. The van der Waals surface area contributed by atoms with Crippen LogP contribution in [-0.2, 0) is 0 Å². The normalized spacial score (nSPS) is 12.2. The fourth-order valence-electron chi connectivity index (χ4n) is 1.55. The van der Waals surface area contributed by atoms with Crippen molar-refractivity contribution in [1.82, 2.24) is 5.32 Å². The van der Waals surface area contributed by atoms with Gasteiger partial charge in [0, 0.05) is 10.5 Å². The molecule has 1 atom stereocenters. The highest BCUT2D eigenvalue weighted by Gasteiger charge is 2.14. The zero-order valence-corrected chi connectivity index (χ0v) is 11.5. The molecule has 0 saturated heterocycles. The van der Waals surface area contributed by atoms with Gasteiger partial charge in [-0.3, -0.25) is 4.79 Å². The van der Waals surface area contributed by atoms with Crippen LogP contribution in [0.25, 0.3) is 0 Å². The molecule has 3 nitrogen and oxygen atoms in total. The third kappa shape index (κ3) is 3.70. The van der Waals surface area contributed by atoms with Crippen LogP contribution in [0, 0.1) is 5.82 Å². The molecule has 1 aromatic rings. The molecule has 0 heterocycles. The van der Waals surface area contributed by atoms with Crippen LogP contribution in [0.2, 0.25) is 0 Å². The lowest BCUT2D eigenvalue weighted by Gasteiger charge is -2.14. The number of nitrogens with two attached hydrogens (primary N) is 1. The molecule has 94 valence electrons. The molecule has 0 saturated carbocycles. The number of hydrogen-bond acceptors (Lipinski definition) is 2. The fraction of sp³-hybridized carbons (Fsp3) is 0.417. The van der Waals surface area contributed by atoms with E-state index in [2.05, 4.69) is 28.2 Å². The van der Waals surface area contributed by atoms with Crippen molar-refractivity contribution in [2.45, 2.75) is 32.7 Å². The van der Waals surface area contributed by atoms with E-state index in [1.165, 1.54) is 12.1 Å². The Morgan fingerprint density at radius 1 is 1.59 bits per heavy atom. The molecule has 1 unspecified atom stereocenters. The molecule has 1 amide bonds. The van der Waals surface area contributed by atoms with E-state index >= 15 is 0 Å². The van der Waals surface area contributed by atoms with Crippen LogP contribution in [0.4, 0.5) is 10.1 Å². The van der Waals surface area contributed by atoms with Crippen LogP contribution in [0.1, 0.15) is 37.0 Å². The Morgan fingerprint density at radius 2 is 2.24 bits per heavy atom. The minimum Gasteiger partial charge on any atom is -0.396 e. The van der Waals surface area contributed by atoms with Gasteiger partial charge in [-0.05, 0) is 41.4 Å². The zero-order valence-electron chi connectivity index (χ0n) is 9.89. The van der Waals surface area contributed by atoms with Crippen molar-refractivity contribution in [3.8, 4) is 0 Å². The molecule has 0 aliphatic rings. The van der Waals surface area contributed by atoms with Crippen LogP contribution in [0.3, 0.4) is 0 Å². The highest BCUT2D eigenvalue weighted by Crippen LogP contribution is 2.22. The van der Waals surface area contributed by atoms with E-state index in [0.29, 0.717) is 10.0 Å². The SMILES string of the molecule is CCCC(C)NC(=O)c1cc(N)c(F)cc1Br. The van der Waals surface area contributed by atoms with Crippen LogP contribution >= 0.6 is 15.9 Å². The summed E-state index contributed by atoms with van der Waals surface area (Å²) in [6, 6.07) is 2.63. The molecule has 0 fully saturated rings. The van der Waals surface area contributed by atoms with Gasteiger partial charge in [0.1, 0.15) is 5.82 Å². The number of nitrogen functional groups attached to an aromatic ring is 1. The predicted octanol–water partition coefficient (Wildman–Crippen LogP) is 3.09. The molecule has 0 aromatic heterocycles. The minimum absolute atomic E-state index is 0.0264. The van der Waals surface area contributed by atoms with Gasteiger partial charge in [-0.25, -0.2) is 4.39 Å². The number of anilines is 1. The summed E-state index contributed by atoms with van der Waals surface area (Å²) < 4.78 is 13.5. The van der Waals surface area contributed by atoms with Crippen molar-refractivity contribution >= 4 is 27.5 Å². The van der Waals surface area contributed by atoms with Crippen molar-refractivity contribution in [1.29, 1.82) is 0 Å². The van der Waals surface area contributed by atoms with Gasteiger partial charge in [0.15, 0.2) is 0 Å². The molecule has 5 heteroatoms. The molecule has 3 N–H and O–H groups in total. The van der Waals surface area contributed by atoms with E-state index in [-0.39, 0.29) is 17.6 Å². The summed E-state index contributed by atoms with van der Waals surface area (Å²) in [6.45, 7) is 3.98. The van der Waals surface area contributed by atoms with E-state index in [1.54, 1.807) is 0 Å². The molecular weight excluding hydrogens is 287 g/mol. The number of nitrogens with one attached hydrogen (secondary N) is 1. The number of carbonyl (C=O) groups is 1. The summed E-state index contributed by atoms with van der Waals surface area (Å²) in [7, 11) is 0. The molecule has 0 bridgehead atoms. The molecule has 0 aliphatic carbocycles. The first kappa shape index (κ1) is 14.0. The Bertz CT molecular complexity index is 423. The van der Waals surface area contributed by atoms with Crippen LogP contribution in [0.15, 0.2) is 16.6 Å². The summed E-state index contributed by atoms with van der Waals surface area (Å²) in [4.78, 5) is 11.9. The lowest BCUT2D eigenvalue weighted by atomic mass is 10.1. The highest BCUT2D eigenvalue weighted by molar-refractivity contribution is 9.10. The van der Waals surface area contributed by atoms with Gasteiger partial charge in [0.25, 0.3) is 5.91 Å². The topological polar surface area (TPSA) is 55.1 Å². The molecule has 0 spiro atoms. The average molecular weight is 303 g/mol. The molecule has 1 rings (SSSR count). The quantitative estimate of drug-likeness (QED) is 0.840. The first-order valence-corrected chi connectivity index (χ1v) is 6.30. The number of rotatable bonds is 4. The number of carbonyl (C=O) groups excluding carboxylic acids is 1. The van der Waals surface area contributed by atoms with E-state index in [9.17, 15) is 9.18 Å². The third-order valence-corrected chi connectivity index (χ3v) is 3.09. The van der Waals surface area contributed by atoms with E-state index in [4.69, 9.17) is 5.73 Å². The summed E-state index contributed by atoms with van der Waals surface area (Å²) in [6.07, 6.45) is 1.90. The second kappa shape index (κ2) is 6.00. The smallest absolute Gasteiger partial charge is 0.252 e. The standard InChI is InChI=1S/C12H16BrFN2O/c1-3-4-7(2)16-12(17)8-5-11(15)10(14)6-9(8)13/h5-7H,3-4,15H2,1-2H3,(H,16,17). The minimum atomic E-state index is -0.532. The molecule has 0 aliphatic heterocycles. The largest absolute Gasteiger partial charge is 0.396 e. The van der Waals surface area contributed by atoms with Gasteiger partial charge < -0.3 is 11.1 Å². The Morgan fingerprint density at radius 3 is 2.82 bits per heavy atom. The number of benzene rings is 1. The third-order valence-electron chi connectivity index (χ3n) is 2.43. The van der Waals surface area contributed by atoms with Gasteiger partial charge in [-0.15, -0.1) is 0 Å². The van der Waals surface area contributed by atoms with Gasteiger partial charge in [0.05, 0.1) is 11.3 Å². The Kier molecular flexibility index (Phi) is 4.93. The second-order valence-corrected chi connectivity index (χ2v) is 4.87. The van der Waals surface area contributed by atoms with E-state index in [0.717, 1.165) is 12.8 Å². The van der Waals surface area contributed by atoms with Crippen molar-refractivity contribution < 1.29 is 9.18 Å². The zero-order chi connectivity index (χ0) is 13.0. The maximum atomic E-state index is 13.1.